The van der Waals surface area contributed by atoms with Gasteiger partial charge in [-0.2, -0.15) is 4.98 Å². The van der Waals surface area contributed by atoms with Crippen molar-refractivity contribution in [1.82, 2.24) is 15.5 Å². The van der Waals surface area contributed by atoms with Crippen LogP contribution in [0.2, 0.25) is 0 Å². The lowest BCUT2D eigenvalue weighted by atomic mass is 9.88. The maximum Gasteiger partial charge on any atom is 0.228 e. The quantitative estimate of drug-likeness (QED) is 0.798. The number of methoxy groups -OCH3 is 1. The molecule has 1 fully saturated rings. The molecule has 120 valence electrons. The van der Waals surface area contributed by atoms with Crippen LogP contribution in [0, 0.1) is 11.3 Å². The highest BCUT2D eigenvalue weighted by molar-refractivity contribution is 4.99. The second-order valence-electron chi connectivity index (χ2n) is 7.13. The van der Waals surface area contributed by atoms with Gasteiger partial charge in [-0.05, 0) is 37.1 Å². The first kappa shape index (κ1) is 16.4. The van der Waals surface area contributed by atoms with Crippen LogP contribution in [0.15, 0.2) is 4.52 Å². The van der Waals surface area contributed by atoms with Crippen molar-refractivity contribution in [2.24, 2.45) is 11.3 Å². The number of nitrogens with zero attached hydrogens (tertiary/aromatic N) is 2. The van der Waals surface area contributed by atoms with Crippen molar-refractivity contribution in [3.05, 3.63) is 11.7 Å². The molecule has 0 aromatic carbocycles. The molecular weight excluding hydrogens is 266 g/mol. The normalized spacial score (nSPS) is 18.7. The maximum absolute atomic E-state index is 5.54. The fourth-order valence-corrected chi connectivity index (χ4v) is 2.73. The summed E-state index contributed by atoms with van der Waals surface area (Å²) in [6.45, 7) is 9.59. The van der Waals surface area contributed by atoms with E-state index in [2.05, 4.69) is 43.2 Å². The first-order chi connectivity index (χ1) is 9.95. The summed E-state index contributed by atoms with van der Waals surface area (Å²) in [6, 6.07) is 0.467. The van der Waals surface area contributed by atoms with Crippen LogP contribution in [-0.4, -0.2) is 29.8 Å². The van der Waals surface area contributed by atoms with Gasteiger partial charge in [0.05, 0.1) is 0 Å². The minimum atomic E-state index is -0.141. The molecule has 2 unspecified atom stereocenters. The third-order valence-corrected chi connectivity index (χ3v) is 3.98. The third-order valence-electron chi connectivity index (χ3n) is 3.98. The fraction of sp³-hybridized carbons (Fsp3) is 0.875. The Morgan fingerprint density at radius 3 is 2.62 bits per heavy atom. The zero-order chi connectivity index (χ0) is 15.5. The topological polar surface area (TPSA) is 60.2 Å². The number of rotatable bonds is 8. The van der Waals surface area contributed by atoms with Gasteiger partial charge >= 0.3 is 0 Å². The van der Waals surface area contributed by atoms with Crippen molar-refractivity contribution in [2.75, 3.05) is 13.7 Å². The van der Waals surface area contributed by atoms with Gasteiger partial charge in [-0.1, -0.05) is 32.9 Å². The molecule has 0 bridgehead atoms. The highest BCUT2D eigenvalue weighted by Gasteiger charge is 2.34. The van der Waals surface area contributed by atoms with Gasteiger partial charge in [-0.15, -0.1) is 0 Å². The van der Waals surface area contributed by atoms with Crippen molar-refractivity contribution < 1.29 is 9.26 Å². The summed E-state index contributed by atoms with van der Waals surface area (Å²) in [5, 5.41) is 7.73. The van der Waals surface area contributed by atoms with Gasteiger partial charge in [0, 0.05) is 19.6 Å². The highest BCUT2D eigenvalue weighted by Crippen LogP contribution is 2.35. The van der Waals surface area contributed by atoms with Crippen LogP contribution in [0.1, 0.15) is 64.8 Å². The minimum absolute atomic E-state index is 0.0494. The van der Waals surface area contributed by atoms with Gasteiger partial charge in [0.15, 0.2) is 0 Å². The van der Waals surface area contributed by atoms with Crippen LogP contribution in [0.25, 0.3) is 0 Å². The average molecular weight is 295 g/mol. The van der Waals surface area contributed by atoms with E-state index in [-0.39, 0.29) is 11.5 Å². The highest BCUT2D eigenvalue weighted by atomic mass is 16.5. The lowest BCUT2D eigenvalue weighted by molar-refractivity contribution is 0.00718. The van der Waals surface area contributed by atoms with Gasteiger partial charge in [0.2, 0.25) is 11.7 Å². The summed E-state index contributed by atoms with van der Waals surface area (Å²) in [5.41, 5.74) is -0.0494. The Bertz CT molecular complexity index is 435. The van der Waals surface area contributed by atoms with Crippen LogP contribution < -0.4 is 5.32 Å². The molecule has 2 atom stereocenters. The Balaban J connectivity index is 2.01. The van der Waals surface area contributed by atoms with Gasteiger partial charge in [-0.3, -0.25) is 0 Å². The molecule has 1 aliphatic rings. The molecule has 5 heteroatoms. The van der Waals surface area contributed by atoms with Crippen LogP contribution in [-0.2, 0) is 11.2 Å². The lowest BCUT2D eigenvalue weighted by Crippen LogP contribution is -2.33. The number of aromatic nitrogens is 2. The molecule has 0 amide bonds. The minimum Gasteiger partial charge on any atom is -0.373 e. The fourth-order valence-electron chi connectivity index (χ4n) is 2.73. The SMILES string of the molecule is CCCNC(Cc1nc(C(OC)C(C)(C)C)no1)C1CC1. The van der Waals surface area contributed by atoms with Crippen molar-refractivity contribution in [2.45, 2.75) is 65.5 Å². The summed E-state index contributed by atoms with van der Waals surface area (Å²) in [5.74, 6) is 2.15. The molecule has 1 N–H and O–H groups in total. The summed E-state index contributed by atoms with van der Waals surface area (Å²) < 4.78 is 11.0. The zero-order valence-corrected chi connectivity index (χ0v) is 14.0. The number of hydrogen-bond donors (Lipinski definition) is 1. The van der Waals surface area contributed by atoms with E-state index in [0.29, 0.717) is 11.9 Å². The van der Waals surface area contributed by atoms with E-state index in [9.17, 15) is 0 Å². The smallest absolute Gasteiger partial charge is 0.228 e. The summed E-state index contributed by atoms with van der Waals surface area (Å²) in [6.07, 6.45) is 4.44. The van der Waals surface area contributed by atoms with E-state index in [1.54, 1.807) is 7.11 Å². The van der Waals surface area contributed by atoms with E-state index in [0.717, 1.165) is 31.2 Å². The lowest BCUT2D eigenvalue weighted by Gasteiger charge is -2.26. The predicted molar refractivity (Wildman–Crippen MR) is 82.0 cm³/mol. The Hall–Kier alpha value is -0.940. The molecule has 0 saturated heterocycles. The van der Waals surface area contributed by atoms with Crippen molar-refractivity contribution >= 4 is 0 Å². The molecule has 0 radical (unpaired) electrons. The first-order valence-electron chi connectivity index (χ1n) is 8.04. The Kier molecular flexibility index (Phi) is 5.38. The van der Waals surface area contributed by atoms with E-state index >= 15 is 0 Å². The average Bonchev–Trinajstić information content (AvgIpc) is 3.15. The molecule has 2 rings (SSSR count). The maximum atomic E-state index is 5.54. The number of ether oxygens (including phenoxy) is 1. The molecule has 1 heterocycles. The van der Waals surface area contributed by atoms with Crippen LogP contribution in [0.5, 0.6) is 0 Å². The van der Waals surface area contributed by atoms with Gasteiger partial charge in [0.1, 0.15) is 6.10 Å². The molecule has 5 nitrogen and oxygen atoms in total. The van der Waals surface area contributed by atoms with Crippen LogP contribution >= 0.6 is 0 Å². The predicted octanol–water partition coefficient (Wildman–Crippen LogP) is 3.12. The van der Waals surface area contributed by atoms with Crippen molar-refractivity contribution in [3.8, 4) is 0 Å². The van der Waals surface area contributed by atoms with E-state index < -0.39 is 0 Å². The Morgan fingerprint density at radius 2 is 2.10 bits per heavy atom. The zero-order valence-electron chi connectivity index (χ0n) is 14.0. The molecule has 21 heavy (non-hydrogen) atoms. The molecule has 1 aromatic heterocycles. The van der Waals surface area contributed by atoms with Crippen LogP contribution in [0.3, 0.4) is 0 Å². The second-order valence-corrected chi connectivity index (χ2v) is 7.13. The van der Waals surface area contributed by atoms with Gasteiger partial charge in [0.25, 0.3) is 0 Å². The molecular formula is C16H29N3O2. The van der Waals surface area contributed by atoms with E-state index in [1.807, 2.05) is 0 Å². The van der Waals surface area contributed by atoms with Crippen molar-refractivity contribution in [1.29, 1.82) is 0 Å². The molecule has 0 spiro atoms. The standard InChI is InChI=1S/C16H29N3O2/c1-6-9-17-12(11-7-8-11)10-13-18-15(19-21-13)14(20-5)16(2,3)4/h11-12,14,17H,6-10H2,1-5H3. The molecule has 0 aliphatic heterocycles. The molecule has 1 saturated carbocycles. The second kappa shape index (κ2) is 6.88. The summed E-state index contributed by atoms with van der Waals surface area (Å²) >= 11 is 0. The Labute approximate surface area is 127 Å². The van der Waals surface area contributed by atoms with Crippen molar-refractivity contribution in [3.63, 3.8) is 0 Å². The van der Waals surface area contributed by atoms with Gasteiger partial charge in [-0.25, -0.2) is 0 Å². The largest absolute Gasteiger partial charge is 0.373 e. The van der Waals surface area contributed by atoms with E-state index in [1.165, 1.54) is 12.8 Å². The molecule has 1 aliphatic carbocycles. The van der Waals surface area contributed by atoms with Crippen LogP contribution in [0.4, 0.5) is 0 Å². The number of hydrogen-bond acceptors (Lipinski definition) is 5. The third kappa shape index (κ3) is 4.51. The Morgan fingerprint density at radius 1 is 1.38 bits per heavy atom. The first-order valence-corrected chi connectivity index (χ1v) is 8.04. The molecule has 1 aromatic rings. The number of nitrogens with one attached hydrogen (secondary N) is 1. The van der Waals surface area contributed by atoms with Gasteiger partial charge < -0.3 is 14.6 Å². The summed E-state index contributed by atoms with van der Waals surface area (Å²) in [4.78, 5) is 4.56. The summed E-state index contributed by atoms with van der Waals surface area (Å²) in [7, 11) is 1.70. The van der Waals surface area contributed by atoms with E-state index in [4.69, 9.17) is 9.26 Å². The monoisotopic (exact) mass is 295 g/mol.